The highest BCUT2D eigenvalue weighted by Gasteiger charge is 2.22. The largest absolute Gasteiger partial charge is 0.388 e. The van der Waals surface area contributed by atoms with Crippen LogP contribution in [0.15, 0.2) is 36.4 Å². The standard InChI is InChI=1S/C16H13Cl2NO2/c17-11-3-1-2-9(4-11)5-15(20)12-6-10-7-16(21)19-14(10)8-13(12)18/h1-4,6,8,15,20H,5,7H2,(H,19,21). The van der Waals surface area contributed by atoms with Crippen LogP contribution in [0.25, 0.3) is 0 Å². The number of benzene rings is 2. The molecule has 0 radical (unpaired) electrons. The summed E-state index contributed by atoms with van der Waals surface area (Å²) in [6, 6.07) is 10.8. The molecule has 108 valence electrons. The Morgan fingerprint density at radius 3 is 2.81 bits per heavy atom. The van der Waals surface area contributed by atoms with Gasteiger partial charge in [0.05, 0.1) is 12.5 Å². The fourth-order valence-electron chi connectivity index (χ4n) is 2.52. The van der Waals surface area contributed by atoms with E-state index in [1.54, 1.807) is 18.2 Å². The Kier molecular flexibility index (Phi) is 3.89. The van der Waals surface area contributed by atoms with Gasteiger partial charge in [0.15, 0.2) is 0 Å². The van der Waals surface area contributed by atoms with Crippen LogP contribution >= 0.6 is 23.2 Å². The fourth-order valence-corrected chi connectivity index (χ4v) is 3.02. The second-order valence-corrected chi connectivity index (χ2v) is 5.95. The van der Waals surface area contributed by atoms with E-state index in [9.17, 15) is 9.90 Å². The first-order valence-corrected chi connectivity index (χ1v) is 7.33. The van der Waals surface area contributed by atoms with Gasteiger partial charge in [-0.2, -0.15) is 0 Å². The average Bonchev–Trinajstić information content (AvgIpc) is 2.76. The molecule has 3 nitrogen and oxygen atoms in total. The van der Waals surface area contributed by atoms with E-state index in [-0.39, 0.29) is 5.91 Å². The fraction of sp³-hybridized carbons (Fsp3) is 0.188. The number of aliphatic hydroxyl groups excluding tert-OH is 1. The van der Waals surface area contributed by atoms with Gasteiger partial charge in [0.1, 0.15) is 0 Å². The third-order valence-corrected chi connectivity index (χ3v) is 4.09. The summed E-state index contributed by atoms with van der Waals surface area (Å²) in [5.41, 5.74) is 3.15. The van der Waals surface area contributed by atoms with Gasteiger partial charge in [0.2, 0.25) is 5.91 Å². The van der Waals surface area contributed by atoms with Gasteiger partial charge < -0.3 is 10.4 Å². The smallest absolute Gasteiger partial charge is 0.228 e. The Bertz CT molecular complexity index is 715. The molecule has 1 aliphatic rings. The molecule has 5 heteroatoms. The number of carbonyl (C=O) groups is 1. The molecule has 0 bridgehead atoms. The molecule has 0 aromatic heterocycles. The number of halogens is 2. The molecule has 0 fully saturated rings. The molecule has 2 N–H and O–H groups in total. The molecule has 3 rings (SSSR count). The lowest BCUT2D eigenvalue weighted by Gasteiger charge is -2.14. The number of rotatable bonds is 3. The monoisotopic (exact) mass is 321 g/mol. The SMILES string of the molecule is O=C1Cc2cc(C(O)Cc3cccc(Cl)c3)c(Cl)cc2N1. The van der Waals surface area contributed by atoms with E-state index < -0.39 is 6.10 Å². The molecule has 0 saturated heterocycles. The number of anilines is 1. The minimum atomic E-state index is -0.739. The van der Waals surface area contributed by atoms with Crippen LogP contribution in [0.1, 0.15) is 22.8 Å². The zero-order valence-corrected chi connectivity index (χ0v) is 12.6. The van der Waals surface area contributed by atoms with Crippen LogP contribution in [0.2, 0.25) is 10.0 Å². The maximum Gasteiger partial charge on any atom is 0.228 e. The summed E-state index contributed by atoms with van der Waals surface area (Å²) in [6.45, 7) is 0. The normalized spacial score (nSPS) is 14.7. The van der Waals surface area contributed by atoms with Crippen LogP contribution in [0.4, 0.5) is 5.69 Å². The molecule has 21 heavy (non-hydrogen) atoms. The Balaban J connectivity index is 1.87. The maximum atomic E-state index is 11.4. The van der Waals surface area contributed by atoms with E-state index in [4.69, 9.17) is 23.2 Å². The first-order chi connectivity index (χ1) is 10.0. The molecule has 1 unspecified atom stereocenters. The Labute approximate surface area is 132 Å². The zero-order valence-electron chi connectivity index (χ0n) is 11.1. The van der Waals surface area contributed by atoms with Gasteiger partial charge in [-0.05, 0) is 41.0 Å². The van der Waals surface area contributed by atoms with Gasteiger partial charge in [-0.3, -0.25) is 4.79 Å². The number of aliphatic hydroxyl groups is 1. The zero-order chi connectivity index (χ0) is 15.0. The van der Waals surface area contributed by atoms with E-state index in [0.717, 1.165) is 16.8 Å². The topological polar surface area (TPSA) is 49.3 Å². The number of nitrogens with one attached hydrogen (secondary N) is 1. The van der Waals surface area contributed by atoms with Crippen molar-refractivity contribution in [3.63, 3.8) is 0 Å². The first-order valence-electron chi connectivity index (χ1n) is 6.57. The summed E-state index contributed by atoms with van der Waals surface area (Å²) < 4.78 is 0. The van der Waals surface area contributed by atoms with Gasteiger partial charge in [-0.1, -0.05) is 35.3 Å². The first kappa shape index (κ1) is 14.4. The number of hydrogen-bond donors (Lipinski definition) is 2. The van der Waals surface area contributed by atoms with Crippen molar-refractivity contribution in [3.8, 4) is 0 Å². The van der Waals surface area contributed by atoms with Crippen molar-refractivity contribution in [1.82, 2.24) is 0 Å². The Hall–Kier alpha value is -1.55. The highest BCUT2D eigenvalue weighted by molar-refractivity contribution is 6.32. The van der Waals surface area contributed by atoms with Crippen molar-refractivity contribution in [1.29, 1.82) is 0 Å². The lowest BCUT2D eigenvalue weighted by atomic mass is 9.98. The number of hydrogen-bond acceptors (Lipinski definition) is 2. The van der Waals surface area contributed by atoms with Gasteiger partial charge in [0.25, 0.3) is 0 Å². The second kappa shape index (κ2) is 5.68. The molecule has 2 aromatic rings. The molecule has 1 aliphatic heterocycles. The molecular formula is C16H13Cl2NO2. The van der Waals surface area contributed by atoms with Crippen molar-refractivity contribution < 1.29 is 9.90 Å². The van der Waals surface area contributed by atoms with Crippen molar-refractivity contribution in [3.05, 3.63) is 63.1 Å². The quantitative estimate of drug-likeness (QED) is 0.904. The third kappa shape index (κ3) is 3.05. The van der Waals surface area contributed by atoms with Gasteiger partial charge >= 0.3 is 0 Å². The van der Waals surface area contributed by atoms with Crippen LogP contribution in [0.3, 0.4) is 0 Å². The summed E-state index contributed by atoms with van der Waals surface area (Å²) in [7, 11) is 0. The molecule has 2 aromatic carbocycles. The maximum absolute atomic E-state index is 11.4. The minimum absolute atomic E-state index is 0.0532. The lowest BCUT2D eigenvalue weighted by molar-refractivity contribution is -0.115. The Morgan fingerprint density at radius 2 is 2.05 bits per heavy atom. The van der Waals surface area contributed by atoms with Crippen LogP contribution < -0.4 is 5.32 Å². The molecule has 0 spiro atoms. The van der Waals surface area contributed by atoms with Crippen LogP contribution in [-0.2, 0) is 17.6 Å². The summed E-state index contributed by atoms with van der Waals surface area (Å²) in [5, 5.41) is 14.2. The van der Waals surface area contributed by atoms with E-state index in [0.29, 0.717) is 28.5 Å². The summed E-state index contributed by atoms with van der Waals surface area (Å²) in [5.74, 6) is -0.0532. The van der Waals surface area contributed by atoms with Crippen LogP contribution in [0.5, 0.6) is 0 Å². The molecular weight excluding hydrogens is 309 g/mol. The second-order valence-electron chi connectivity index (χ2n) is 5.11. The third-order valence-electron chi connectivity index (χ3n) is 3.52. The van der Waals surface area contributed by atoms with Crippen molar-refractivity contribution in [2.45, 2.75) is 18.9 Å². The highest BCUT2D eigenvalue weighted by atomic mass is 35.5. The van der Waals surface area contributed by atoms with Crippen molar-refractivity contribution >= 4 is 34.8 Å². The predicted octanol–water partition coefficient (Wildman–Crippen LogP) is 3.76. The molecule has 1 heterocycles. The van der Waals surface area contributed by atoms with Crippen LogP contribution in [-0.4, -0.2) is 11.0 Å². The van der Waals surface area contributed by atoms with Crippen molar-refractivity contribution in [2.24, 2.45) is 0 Å². The predicted molar refractivity (Wildman–Crippen MR) is 83.9 cm³/mol. The Morgan fingerprint density at radius 1 is 1.24 bits per heavy atom. The van der Waals surface area contributed by atoms with E-state index in [2.05, 4.69) is 5.32 Å². The van der Waals surface area contributed by atoms with E-state index >= 15 is 0 Å². The number of amides is 1. The summed E-state index contributed by atoms with van der Waals surface area (Å²) in [6.07, 6.45) is 0.000992. The summed E-state index contributed by atoms with van der Waals surface area (Å²) in [4.78, 5) is 11.4. The molecule has 0 saturated carbocycles. The molecule has 0 aliphatic carbocycles. The molecule has 1 atom stereocenters. The molecule has 1 amide bonds. The van der Waals surface area contributed by atoms with Gasteiger partial charge in [-0.15, -0.1) is 0 Å². The van der Waals surface area contributed by atoms with Crippen LogP contribution in [0, 0.1) is 0 Å². The number of fused-ring (bicyclic) bond motifs is 1. The highest BCUT2D eigenvalue weighted by Crippen LogP contribution is 2.34. The lowest BCUT2D eigenvalue weighted by Crippen LogP contribution is -2.03. The summed E-state index contributed by atoms with van der Waals surface area (Å²) >= 11 is 12.2. The van der Waals surface area contributed by atoms with E-state index in [1.807, 2.05) is 18.2 Å². The van der Waals surface area contributed by atoms with Gasteiger partial charge in [-0.25, -0.2) is 0 Å². The van der Waals surface area contributed by atoms with Crippen molar-refractivity contribution in [2.75, 3.05) is 5.32 Å². The van der Waals surface area contributed by atoms with E-state index in [1.165, 1.54) is 0 Å². The van der Waals surface area contributed by atoms with Gasteiger partial charge in [0, 0.05) is 22.2 Å². The minimum Gasteiger partial charge on any atom is -0.388 e. The average molecular weight is 322 g/mol. The number of carbonyl (C=O) groups excluding carboxylic acids is 1.